The lowest BCUT2D eigenvalue weighted by Gasteiger charge is -2.16. The molecule has 0 amide bonds. The van der Waals surface area contributed by atoms with Gasteiger partial charge in [-0.25, -0.2) is 4.98 Å². The van der Waals surface area contributed by atoms with E-state index >= 15 is 0 Å². The first-order valence-electron chi connectivity index (χ1n) is 6.54. The highest BCUT2D eigenvalue weighted by molar-refractivity contribution is 4.81. The molecule has 0 fully saturated rings. The van der Waals surface area contributed by atoms with E-state index in [4.69, 9.17) is 9.47 Å². The first-order chi connectivity index (χ1) is 8.76. The number of nitrogens with zero attached hydrogens (tertiary/aromatic N) is 3. The van der Waals surface area contributed by atoms with E-state index in [2.05, 4.69) is 15.4 Å². The first kappa shape index (κ1) is 15.1. The average Bonchev–Trinajstić information content (AvgIpc) is 2.75. The molecule has 0 radical (unpaired) electrons. The predicted octanol–water partition coefficient (Wildman–Crippen LogP) is 0.736. The molecule has 18 heavy (non-hydrogen) atoms. The van der Waals surface area contributed by atoms with E-state index in [1.165, 1.54) is 0 Å². The Morgan fingerprint density at radius 2 is 2.00 bits per heavy atom. The van der Waals surface area contributed by atoms with Gasteiger partial charge in [0.15, 0.2) is 12.1 Å². The molecule has 104 valence electrons. The van der Waals surface area contributed by atoms with Crippen molar-refractivity contribution in [2.24, 2.45) is 7.05 Å². The lowest BCUT2D eigenvalue weighted by Crippen LogP contribution is -2.26. The molecular formula is C12H24N4O2. The largest absolute Gasteiger partial charge is 0.353 e. The quantitative estimate of drug-likeness (QED) is 0.494. The maximum Gasteiger partial charge on any atom is 0.158 e. The lowest BCUT2D eigenvalue weighted by molar-refractivity contribution is -0.138. The van der Waals surface area contributed by atoms with Gasteiger partial charge in [-0.1, -0.05) is 0 Å². The van der Waals surface area contributed by atoms with Crippen molar-refractivity contribution in [2.45, 2.75) is 33.0 Å². The van der Waals surface area contributed by atoms with Gasteiger partial charge in [0.2, 0.25) is 0 Å². The van der Waals surface area contributed by atoms with Crippen molar-refractivity contribution < 1.29 is 9.47 Å². The summed E-state index contributed by atoms with van der Waals surface area (Å²) in [5.41, 5.74) is 0. The van der Waals surface area contributed by atoms with Gasteiger partial charge < -0.3 is 14.8 Å². The topological polar surface area (TPSA) is 61.2 Å². The highest BCUT2D eigenvalue weighted by Gasteiger charge is 2.06. The van der Waals surface area contributed by atoms with Crippen LogP contribution in [0.3, 0.4) is 0 Å². The summed E-state index contributed by atoms with van der Waals surface area (Å²) in [6, 6.07) is 0. The second-order valence-electron chi connectivity index (χ2n) is 3.96. The van der Waals surface area contributed by atoms with Gasteiger partial charge in [0.1, 0.15) is 6.33 Å². The number of rotatable bonds is 10. The van der Waals surface area contributed by atoms with Crippen molar-refractivity contribution in [1.29, 1.82) is 0 Å². The van der Waals surface area contributed by atoms with E-state index in [0.717, 1.165) is 31.8 Å². The van der Waals surface area contributed by atoms with E-state index < -0.39 is 0 Å². The molecule has 1 aromatic rings. The monoisotopic (exact) mass is 256 g/mol. The number of ether oxygens (including phenoxy) is 2. The zero-order valence-electron chi connectivity index (χ0n) is 11.6. The third-order valence-corrected chi connectivity index (χ3v) is 2.43. The Hall–Kier alpha value is -0.980. The van der Waals surface area contributed by atoms with Crippen LogP contribution in [0.15, 0.2) is 6.33 Å². The molecule has 0 saturated heterocycles. The van der Waals surface area contributed by atoms with Crippen molar-refractivity contribution in [1.82, 2.24) is 20.1 Å². The average molecular weight is 256 g/mol. The van der Waals surface area contributed by atoms with Gasteiger partial charge in [-0.05, 0) is 20.4 Å². The third kappa shape index (κ3) is 6.09. The molecular weight excluding hydrogens is 232 g/mol. The minimum Gasteiger partial charge on any atom is -0.353 e. The summed E-state index contributed by atoms with van der Waals surface area (Å²) < 4.78 is 12.6. The van der Waals surface area contributed by atoms with Gasteiger partial charge in [-0.2, -0.15) is 5.10 Å². The van der Waals surface area contributed by atoms with Gasteiger partial charge in [-0.15, -0.1) is 0 Å². The van der Waals surface area contributed by atoms with Gasteiger partial charge in [0.05, 0.1) is 0 Å². The number of aryl methyl sites for hydroxylation is 1. The maximum absolute atomic E-state index is 5.46. The van der Waals surface area contributed by atoms with Gasteiger partial charge >= 0.3 is 0 Å². The summed E-state index contributed by atoms with van der Waals surface area (Å²) in [5, 5.41) is 7.56. The highest BCUT2D eigenvalue weighted by Crippen LogP contribution is 1.99. The van der Waals surface area contributed by atoms with E-state index in [1.54, 1.807) is 11.0 Å². The Morgan fingerprint density at radius 3 is 2.56 bits per heavy atom. The molecule has 0 unspecified atom stereocenters. The van der Waals surface area contributed by atoms with Crippen LogP contribution in [0.4, 0.5) is 0 Å². The van der Waals surface area contributed by atoms with Crippen molar-refractivity contribution in [3.63, 3.8) is 0 Å². The Balaban J connectivity index is 2.06. The van der Waals surface area contributed by atoms with Crippen LogP contribution in [-0.2, 0) is 22.9 Å². The zero-order valence-corrected chi connectivity index (χ0v) is 11.6. The fraction of sp³-hybridized carbons (Fsp3) is 0.833. The normalized spacial score (nSPS) is 11.3. The van der Waals surface area contributed by atoms with Crippen LogP contribution in [-0.4, -0.2) is 47.4 Å². The summed E-state index contributed by atoms with van der Waals surface area (Å²) in [6.45, 7) is 7.07. The van der Waals surface area contributed by atoms with Gasteiger partial charge in [0, 0.05) is 39.6 Å². The molecule has 0 aliphatic carbocycles. The van der Waals surface area contributed by atoms with E-state index in [-0.39, 0.29) is 6.29 Å². The minimum atomic E-state index is -0.0968. The molecule has 0 aromatic carbocycles. The maximum atomic E-state index is 5.46. The molecule has 0 spiro atoms. The molecule has 0 bridgehead atoms. The van der Waals surface area contributed by atoms with Crippen molar-refractivity contribution >= 4 is 0 Å². The van der Waals surface area contributed by atoms with E-state index in [0.29, 0.717) is 13.2 Å². The zero-order chi connectivity index (χ0) is 13.2. The summed E-state index contributed by atoms with van der Waals surface area (Å²) in [6.07, 6.45) is 3.32. The van der Waals surface area contributed by atoms with Crippen LogP contribution >= 0.6 is 0 Å². The highest BCUT2D eigenvalue weighted by atomic mass is 16.7. The third-order valence-electron chi connectivity index (χ3n) is 2.43. The molecule has 0 atom stereocenters. The Bertz CT molecular complexity index is 311. The standard InChI is InChI=1S/C12H24N4O2/c1-4-17-12(18-5-2)7-9-13-8-6-11-14-10-16(3)15-11/h10,12-13H,4-9H2,1-3H3. The van der Waals surface area contributed by atoms with Crippen LogP contribution < -0.4 is 5.32 Å². The van der Waals surface area contributed by atoms with Crippen LogP contribution in [0.25, 0.3) is 0 Å². The number of hydrogen-bond donors (Lipinski definition) is 1. The predicted molar refractivity (Wildman–Crippen MR) is 69.2 cm³/mol. The molecule has 1 heterocycles. The van der Waals surface area contributed by atoms with Gasteiger partial charge in [-0.3, -0.25) is 4.68 Å². The lowest BCUT2D eigenvalue weighted by atomic mass is 10.3. The van der Waals surface area contributed by atoms with Crippen LogP contribution in [0.1, 0.15) is 26.1 Å². The second kappa shape index (κ2) is 9.02. The summed E-state index contributed by atoms with van der Waals surface area (Å²) in [5.74, 6) is 0.871. The molecule has 0 aliphatic rings. The SMILES string of the molecule is CCOC(CCNCCc1ncn(C)n1)OCC. The first-order valence-corrected chi connectivity index (χ1v) is 6.54. The minimum absolute atomic E-state index is 0.0968. The van der Waals surface area contributed by atoms with Crippen LogP contribution in [0, 0.1) is 0 Å². The number of nitrogens with one attached hydrogen (secondary N) is 1. The summed E-state index contributed by atoms with van der Waals surface area (Å²) >= 11 is 0. The van der Waals surface area contributed by atoms with Crippen molar-refractivity contribution in [3.8, 4) is 0 Å². The van der Waals surface area contributed by atoms with E-state index in [9.17, 15) is 0 Å². The Labute approximate surface area is 109 Å². The molecule has 1 N–H and O–H groups in total. The summed E-state index contributed by atoms with van der Waals surface area (Å²) in [4.78, 5) is 4.17. The fourth-order valence-corrected chi connectivity index (χ4v) is 1.63. The van der Waals surface area contributed by atoms with Gasteiger partial charge in [0.25, 0.3) is 0 Å². The van der Waals surface area contributed by atoms with Crippen LogP contribution in [0.2, 0.25) is 0 Å². The fourth-order valence-electron chi connectivity index (χ4n) is 1.63. The Kier molecular flexibility index (Phi) is 7.55. The molecule has 6 nitrogen and oxygen atoms in total. The molecule has 1 rings (SSSR count). The van der Waals surface area contributed by atoms with Crippen molar-refractivity contribution in [2.75, 3.05) is 26.3 Å². The number of hydrogen-bond acceptors (Lipinski definition) is 5. The molecule has 6 heteroatoms. The smallest absolute Gasteiger partial charge is 0.158 e. The summed E-state index contributed by atoms with van der Waals surface area (Å²) in [7, 11) is 1.87. The van der Waals surface area contributed by atoms with E-state index in [1.807, 2.05) is 20.9 Å². The number of aromatic nitrogens is 3. The molecule has 1 aromatic heterocycles. The van der Waals surface area contributed by atoms with Crippen LogP contribution in [0.5, 0.6) is 0 Å². The molecule has 0 saturated carbocycles. The second-order valence-corrected chi connectivity index (χ2v) is 3.96. The molecule has 0 aliphatic heterocycles. The van der Waals surface area contributed by atoms with Crippen molar-refractivity contribution in [3.05, 3.63) is 12.2 Å². The Morgan fingerprint density at radius 1 is 1.28 bits per heavy atom.